The van der Waals surface area contributed by atoms with E-state index in [2.05, 4.69) is 11.0 Å². The summed E-state index contributed by atoms with van der Waals surface area (Å²) in [5.41, 5.74) is 1.12. The molecule has 1 saturated carbocycles. The van der Waals surface area contributed by atoms with E-state index in [1.807, 2.05) is 18.3 Å². The van der Waals surface area contributed by atoms with Crippen LogP contribution in [0.25, 0.3) is 10.2 Å². The van der Waals surface area contributed by atoms with Gasteiger partial charge in [0.15, 0.2) is 0 Å². The summed E-state index contributed by atoms with van der Waals surface area (Å²) in [6, 6.07) is 2.36. The van der Waals surface area contributed by atoms with Crippen LogP contribution >= 0.6 is 11.3 Å². The Labute approximate surface area is 153 Å². The van der Waals surface area contributed by atoms with Gasteiger partial charge in [-0.15, -0.1) is 11.3 Å². The highest BCUT2D eigenvalue weighted by Crippen LogP contribution is 2.39. The Hall–Kier alpha value is -1.08. The SMILES string of the molecule is Cc1nc(CN2CCO[C@H](CO)C2)c2cc(C3CCCCC3)sc2n1. The van der Waals surface area contributed by atoms with Gasteiger partial charge in [0.2, 0.25) is 0 Å². The molecule has 1 aliphatic carbocycles. The van der Waals surface area contributed by atoms with Gasteiger partial charge in [-0.2, -0.15) is 0 Å². The van der Waals surface area contributed by atoms with Crippen LogP contribution in [0.3, 0.4) is 0 Å². The van der Waals surface area contributed by atoms with Crippen LogP contribution in [0.15, 0.2) is 6.07 Å². The fraction of sp³-hybridized carbons (Fsp3) is 0.684. The van der Waals surface area contributed by atoms with E-state index in [1.54, 1.807) is 0 Å². The van der Waals surface area contributed by atoms with Crippen molar-refractivity contribution in [2.45, 2.75) is 57.6 Å². The zero-order chi connectivity index (χ0) is 17.2. The van der Waals surface area contributed by atoms with E-state index in [0.717, 1.165) is 36.0 Å². The van der Waals surface area contributed by atoms with Crippen molar-refractivity contribution < 1.29 is 9.84 Å². The zero-order valence-electron chi connectivity index (χ0n) is 14.9. The van der Waals surface area contributed by atoms with Gasteiger partial charge in [-0.05, 0) is 31.7 Å². The van der Waals surface area contributed by atoms with Crippen LogP contribution in [0.4, 0.5) is 0 Å². The maximum atomic E-state index is 9.36. The van der Waals surface area contributed by atoms with E-state index >= 15 is 0 Å². The predicted molar refractivity (Wildman–Crippen MR) is 100 cm³/mol. The first kappa shape index (κ1) is 17.3. The standard InChI is InChI=1S/C19H27N3O2S/c1-13-20-17(11-22-7-8-24-15(10-22)12-23)16-9-18(25-19(16)21-13)14-5-3-2-4-6-14/h9,14-15,23H,2-8,10-12H2,1H3/t15-/m0/s1. The smallest absolute Gasteiger partial charge is 0.127 e. The molecule has 5 nitrogen and oxygen atoms in total. The summed E-state index contributed by atoms with van der Waals surface area (Å²) in [5, 5.41) is 10.6. The van der Waals surface area contributed by atoms with Gasteiger partial charge in [0.1, 0.15) is 10.7 Å². The summed E-state index contributed by atoms with van der Waals surface area (Å²) >= 11 is 1.86. The molecule has 2 fully saturated rings. The van der Waals surface area contributed by atoms with Gasteiger partial charge in [0.05, 0.1) is 25.0 Å². The van der Waals surface area contributed by atoms with E-state index < -0.39 is 0 Å². The molecule has 1 atom stereocenters. The molecule has 1 N–H and O–H groups in total. The van der Waals surface area contributed by atoms with Gasteiger partial charge in [-0.3, -0.25) is 4.90 Å². The van der Waals surface area contributed by atoms with Crippen molar-refractivity contribution in [3.8, 4) is 0 Å². The zero-order valence-corrected chi connectivity index (χ0v) is 15.7. The number of aliphatic hydroxyl groups excluding tert-OH is 1. The van der Waals surface area contributed by atoms with Gasteiger partial charge in [-0.25, -0.2) is 9.97 Å². The first-order chi connectivity index (χ1) is 12.2. The molecule has 136 valence electrons. The molecule has 4 rings (SSSR count). The number of nitrogens with zero attached hydrogens (tertiary/aromatic N) is 3. The fourth-order valence-electron chi connectivity index (χ4n) is 4.07. The predicted octanol–water partition coefficient (Wildman–Crippen LogP) is 3.24. The van der Waals surface area contributed by atoms with Crippen LogP contribution < -0.4 is 0 Å². The Balaban J connectivity index is 1.60. The molecular formula is C19H27N3O2S. The highest BCUT2D eigenvalue weighted by molar-refractivity contribution is 7.18. The Morgan fingerprint density at radius 3 is 2.92 bits per heavy atom. The average Bonchev–Trinajstić information content (AvgIpc) is 3.07. The first-order valence-corrected chi connectivity index (χ1v) is 10.3. The van der Waals surface area contributed by atoms with Gasteiger partial charge < -0.3 is 9.84 Å². The summed E-state index contributed by atoms with van der Waals surface area (Å²) in [4.78, 5) is 14.4. The number of fused-ring (bicyclic) bond motifs is 1. The third-order valence-corrected chi connectivity index (χ3v) is 6.60. The lowest BCUT2D eigenvalue weighted by Gasteiger charge is -2.31. The van der Waals surface area contributed by atoms with Gasteiger partial charge >= 0.3 is 0 Å². The number of aryl methyl sites for hydroxylation is 1. The number of thiophene rings is 1. The summed E-state index contributed by atoms with van der Waals surface area (Å²) in [6.07, 6.45) is 6.65. The van der Waals surface area contributed by atoms with E-state index in [-0.39, 0.29) is 12.7 Å². The molecule has 0 radical (unpaired) electrons. The minimum absolute atomic E-state index is 0.0764. The van der Waals surface area contributed by atoms with Crippen LogP contribution in [0.2, 0.25) is 0 Å². The fourth-order valence-corrected chi connectivity index (χ4v) is 5.34. The summed E-state index contributed by atoms with van der Waals surface area (Å²) in [7, 11) is 0. The molecule has 0 amide bonds. The third-order valence-electron chi connectivity index (χ3n) is 5.41. The van der Waals surface area contributed by atoms with Crippen molar-refractivity contribution in [1.29, 1.82) is 0 Å². The van der Waals surface area contributed by atoms with Gasteiger partial charge in [0, 0.05) is 29.9 Å². The molecule has 1 aliphatic heterocycles. The van der Waals surface area contributed by atoms with Gasteiger partial charge in [-0.1, -0.05) is 19.3 Å². The average molecular weight is 362 g/mol. The topological polar surface area (TPSA) is 58.5 Å². The minimum atomic E-state index is -0.0764. The quantitative estimate of drug-likeness (QED) is 0.906. The molecule has 0 unspecified atom stereocenters. The Kier molecular flexibility index (Phi) is 5.31. The first-order valence-electron chi connectivity index (χ1n) is 9.44. The van der Waals surface area contributed by atoms with Crippen molar-refractivity contribution >= 4 is 21.6 Å². The molecule has 0 aromatic carbocycles. The molecule has 0 spiro atoms. The summed E-state index contributed by atoms with van der Waals surface area (Å²) < 4.78 is 5.57. The van der Waals surface area contributed by atoms with Crippen molar-refractivity contribution in [3.05, 3.63) is 22.5 Å². The van der Waals surface area contributed by atoms with Crippen LogP contribution in [0.5, 0.6) is 0 Å². The van der Waals surface area contributed by atoms with Crippen molar-refractivity contribution in [2.75, 3.05) is 26.3 Å². The van der Waals surface area contributed by atoms with E-state index in [4.69, 9.17) is 14.7 Å². The lowest BCUT2D eigenvalue weighted by atomic mass is 9.88. The van der Waals surface area contributed by atoms with Gasteiger partial charge in [0.25, 0.3) is 0 Å². The second-order valence-electron chi connectivity index (χ2n) is 7.33. The monoisotopic (exact) mass is 361 g/mol. The van der Waals surface area contributed by atoms with Crippen LogP contribution in [-0.2, 0) is 11.3 Å². The largest absolute Gasteiger partial charge is 0.394 e. The molecular weight excluding hydrogens is 334 g/mol. The van der Waals surface area contributed by atoms with Crippen molar-refractivity contribution in [3.63, 3.8) is 0 Å². The molecule has 0 bridgehead atoms. The second kappa shape index (κ2) is 7.66. The number of aliphatic hydroxyl groups is 1. The van der Waals surface area contributed by atoms with Crippen LogP contribution in [0, 0.1) is 6.92 Å². The lowest BCUT2D eigenvalue weighted by Crippen LogP contribution is -2.43. The molecule has 1 saturated heterocycles. The maximum absolute atomic E-state index is 9.36. The molecule has 2 aromatic rings. The van der Waals surface area contributed by atoms with Crippen LogP contribution in [-0.4, -0.2) is 52.4 Å². The normalized spacial score (nSPS) is 23.4. The molecule has 3 heterocycles. The molecule has 6 heteroatoms. The molecule has 2 aromatic heterocycles. The van der Waals surface area contributed by atoms with E-state index in [0.29, 0.717) is 12.5 Å². The second-order valence-corrected chi connectivity index (χ2v) is 8.39. The maximum Gasteiger partial charge on any atom is 0.127 e. The Morgan fingerprint density at radius 2 is 2.12 bits per heavy atom. The number of morpholine rings is 1. The highest BCUT2D eigenvalue weighted by Gasteiger charge is 2.23. The Morgan fingerprint density at radius 1 is 1.28 bits per heavy atom. The highest BCUT2D eigenvalue weighted by atomic mass is 32.1. The van der Waals surface area contributed by atoms with Crippen molar-refractivity contribution in [1.82, 2.24) is 14.9 Å². The lowest BCUT2D eigenvalue weighted by molar-refractivity contribution is -0.0552. The number of ether oxygens (including phenoxy) is 1. The van der Waals surface area contributed by atoms with E-state index in [9.17, 15) is 5.11 Å². The number of aromatic nitrogens is 2. The summed E-state index contributed by atoms with van der Waals surface area (Å²) in [6.45, 7) is 5.20. The number of rotatable bonds is 4. The number of hydrogen-bond donors (Lipinski definition) is 1. The van der Waals surface area contributed by atoms with E-state index in [1.165, 1.54) is 42.4 Å². The number of hydrogen-bond acceptors (Lipinski definition) is 6. The Bertz CT molecular complexity index is 727. The molecule has 25 heavy (non-hydrogen) atoms. The minimum Gasteiger partial charge on any atom is -0.394 e. The summed E-state index contributed by atoms with van der Waals surface area (Å²) in [5.74, 6) is 1.56. The van der Waals surface area contributed by atoms with Crippen molar-refractivity contribution in [2.24, 2.45) is 0 Å². The molecule has 2 aliphatic rings. The third kappa shape index (κ3) is 3.87. The van der Waals surface area contributed by atoms with Crippen LogP contribution in [0.1, 0.15) is 54.4 Å².